The van der Waals surface area contributed by atoms with E-state index in [1.165, 1.54) is 0 Å². The zero-order valence-electron chi connectivity index (χ0n) is 10.5. The summed E-state index contributed by atoms with van der Waals surface area (Å²) in [6.45, 7) is -0.0819. The molecule has 0 saturated heterocycles. The van der Waals surface area contributed by atoms with Crippen molar-refractivity contribution in [2.75, 3.05) is 0 Å². The molecule has 2 rings (SSSR count). The molecule has 0 aliphatic carbocycles. The lowest BCUT2D eigenvalue weighted by Gasteiger charge is -2.08. The highest BCUT2D eigenvalue weighted by molar-refractivity contribution is 7.80. The third-order valence-corrected chi connectivity index (χ3v) is 2.77. The van der Waals surface area contributed by atoms with Gasteiger partial charge in [-0.2, -0.15) is 0 Å². The van der Waals surface area contributed by atoms with Crippen molar-refractivity contribution in [3.05, 3.63) is 30.1 Å². The van der Waals surface area contributed by atoms with Crippen LogP contribution in [-0.2, 0) is 17.8 Å². The largest absolute Gasteiger partial charge is 0.393 e. The average Bonchev–Trinajstić information content (AvgIpc) is 2.66. The lowest BCUT2D eigenvalue weighted by molar-refractivity contribution is -0.120. The first kappa shape index (κ1) is 13.9. The van der Waals surface area contributed by atoms with Crippen molar-refractivity contribution in [1.82, 2.24) is 14.9 Å². The van der Waals surface area contributed by atoms with Crippen molar-refractivity contribution in [3.8, 4) is 0 Å². The normalized spacial score (nSPS) is 10.4. The third kappa shape index (κ3) is 3.09. The molecular weight excluding hydrogens is 278 g/mol. The molecule has 1 heterocycles. The van der Waals surface area contributed by atoms with E-state index in [-0.39, 0.29) is 18.0 Å². The molecule has 0 radical (unpaired) electrons. The Labute approximate surface area is 119 Å². The molecule has 0 atom stereocenters. The standard InChI is InChI=1S/C12H13N5O2S/c13-9(20)5-10-15-7-3-1-2-4-8(7)17(10)6-11(18)16-12(14)19/h1-4H,5-6H2,(H2,13,20)(H3,14,16,18,19). The Hall–Kier alpha value is -2.48. The molecule has 0 unspecified atom stereocenters. The van der Waals surface area contributed by atoms with E-state index in [1.807, 2.05) is 29.6 Å². The second-order valence-corrected chi connectivity index (χ2v) is 4.68. The second-order valence-electron chi connectivity index (χ2n) is 4.16. The number of aromatic nitrogens is 2. The third-order valence-electron chi connectivity index (χ3n) is 2.63. The highest BCUT2D eigenvalue weighted by atomic mass is 32.1. The van der Waals surface area contributed by atoms with E-state index in [9.17, 15) is 9.59 Å². The van der Waals surface area contributed by atoms with Crippen LogP contribution in [0.15, 0.2) is 24.3 Å². The lowest BCUT2D eigenvalue weighted by atomic mass is 10.3. The molecule has 104 valence electrons. The summed E-state index contributed by atoms with van der Waals surface area (Å²) < 4.78 is 1.66. The van der Waals surface area contributed by atoms with E-state index in [0.29, 0.717) is 5.82 Å². The maximum atomic E-state index is 11.7. The van der Waals surface area contributed by atoms with Crippen LogP contribution in [-0.4, -0.2) is 26.5 Å². The summed E-state index contributed by atoms with van der Waals surface area (Å²) in [7, 11) is 0. The zero-order chi connectivity index (χ0) is 14.7. The van der Waals surface area contributed by atoms with Crippen molar-refractivity contribution in [3.63, 3.8) is 0 Å². The Morgan fingerprint density at radius 2 is 2.00 bits per heavy atom. The maximum absolute atomic E-state index is 11.7. The van der Waals surface area contributed by atoms with Crippen molar-refractivity contribution in [2.24, 2.45) is 11.5 Å². The van der Waals surface area contributed by atoms with Crippen LogP contribution in [0.25, 0.3) is 11.0 Å². The summed E-state index contributed by atoms with van der Waals surface area (Å²) in [4.78, 5) is 27.0. The van der Waals surface area contributed by atoms with Gasteiger partial charge in [-0.3, -0.25) is 10.1 Å². The van der Waals surface area contributed by atoms with E-state index in [2.05, 4.69) is 4.98 Å². The van der Waals surface area contributed by atoms with E-state index in [1.54, 1.807) is 4.57 Å². The molecule has 20 heavy (non-hydrogen) atoms. The van der Waals surface area contributed by atoms with Gasteiger partial charge in [0.1, 0.15) is 12.4 Å². The predicted molar refractivity (Wildman–Crippen MR) is 77.9 cm³/mol. The molecule has 0 spiro atoms. The van der Waals surface area contributed by atoms with Gasteiger partial charge in [-0.25, -0.2) is 9.78 Å². The molecule has 8 heteroatoms. The van der Waals surface area contributed by atoms with Crippen LogP contribution in [0.5, 0.6) is 0 Å². The van der Waals surface area contributed by atoms with Crippen molar-refractivity contribution in [2.45, 2.75) is 13.0 Å². The number of rotatable bonds is 4. The summed E-state index contributed by atoms with van der Waals surface area (Å²) in [6.07, 6.45) is 0.272. The number of amides is 3. The van der Waals surface area contributed by atoms with Gasteiger partial charge in [0.25, 0.3) is 0 Å². The topological polar surface area (TPSA) is 116 Å². The van der Waals surface area contributed by atoms with Gasteiger partial charge in [-0.05, 0) is 12.1 Å². The number of primary amides is 1. The van der Waals surface area contributed by atoms with Crippen LogP contribution >= 0.6 is 12.2 Å². The Kier molecular flexibility index (Phi) is 3.94. The fourth-order valence-corrected chi connectivity index (χ4v) is 2.04. The summed E-state index contributed by atoms with van der Waals surface area (Å²) >= 11 is 4.88. The first-order valence-electron chi connectivity index (χ1n) is 5.79. The molecule has 0 saturated carbocycles. The lowest BCUT2D eigenvalue weighted by Crippen LogP contribution is -2.37. The molecule has 0 aliphatic rings. The molecule has 7 nitrogen and oxygen atoms in total. The average molecular weight is 291 g/mol. The Bertz CT molecular complexity index is 694. The Morgan fingerprint density at radius 1 is 1.30 bits per heavy atom. The number of para-hydroxylation sites is 2. The van der Waals surface area contributed by atoms with Crippen LogP contribution in [0, 0.1) is 0 Å². The van der Waals surface area contributed by atoms with Crippen molar-refractivity contribution < 1.29 is 9.59 Å². The summed E-state index contributed by atoms with van der Waals surface area (Å²) in [6, 6.07) is 6.42. The van der Waals surface area contributed by atoms with Crippen LogP contribution in [0.1, 0.15) is 5.82 Å². The summed E-state index contributed by atoms with van der Waals surface area (Å²) in [5.41, 5.74) is 11.9. The van der Waals surface area contributed by atoms with E-state index in [0.717, 1.165) is 11.0 Å². The fourth-order valence-electron chi connectivity index (χ4n) is 1.91. The molecule has 0 aliphatic heterocycles. The SMILES string of the molecule is NC(=O)NC(=O)Cn1c(CC(N)=S)nc2ccccc21. The van der Waals surface area contributed by atoms with Crippen LogP contribution in [0.2, 0.25) is 0 Å². The molecule has 1 aromatic heterocycles. The summed E-state index contributed by atoms with van der Waals surface area (Å²) in [5, 5.41) is 2.01. The highest BCUT2D eigenvalue weighted by Crippen LogP contribution is 2.16. The summed E-state index contributed by atoms with van der Waals surface area (Å²) in [5.74, 6) is 0.0446. The number of hydrogen-bond acceptors (Lipinski definition) is 4. The van der Waals surface area contributed by atoms with Crippen molar-refractivity contribution >= 4 is 40.2 Å². The predicted octanol–water partition coefficient (Wildman–Crippen LogP) is 0.0598. The number of imidazole rings is 1. The van der Waals surface area contributed by atoms with E-state index >= 15 is 0 Å². The molecule has 2 aromatic rings. The van der Waals surface area contributed by atoms with E-state index in [4.69, 9.17) is 23.7 Å². The number of benzene rings is 1. The van der Waals surface area contributed by atoms with Crippen LogP contribution < -0.4 is 16.8 Å². The van der Waals surface area contributed by atoms with Gasteiger partial charge < -0.3 is 16.0 Å². The van der Waals surface area contributed by atoms with Gasteiger partial charge in [-0.15, -0.1) is 0 Å². The quantitative estimate of drug-likeness (QED) is 0.689. The minimum atomic E-state index is -0.893. The number of nitrogens with two attached hydrogens (primary N) is 2. The number of hydrogen-bond donors (Lipinski definition) is 3. The van der Waals surface area contributed by atoms with Crippen LogP contribution in [0.3, 0.4) is 0 Å². The van der Waals surface area contributed by atoms with Crippen LogP contribution in [0.4, 0.5) is 4.79 Å². The number of fused-ring (bicyclic) bond motifs is 1. The Morgan fingerprint density at radius 3 is 2.65 bits per heavy atom. The number of carbonyl (C=O) groups excluding carboxylic acids is 2. The number of nitrogens with zero attached hydrogens (tertiary/aromatic N) is 2. The molecule has 0 fully saturated rings. The van der Waals surface area contributed by atoms with Gasteiger partial charge in [0.2, 0.25) is 5.91 Å². The molecular formula is C12H13N5O2S. The first-order valence-corrected chi connectivity index (χ1v) is 6.20. The fraction of sp³-hybridized carbons (Fsp3) is 0.167. The van der Waals surface area contributed by atoms with Crippen molar-refractivity contribution in [1.29, 1.82) is 0 Å². The van der Waals surface area contributed by atoms with Gasteiger partial charge >= 0.3 is 6.03 Å². The zero-order valence-corrected chi connectivity index (χ0v) is 11.3. The van der Waals surface area contributed by atoms with Gasteiger partial charge in [-0.1, -0.05) is 24.4 Å². The number of nitrogens with one attached hydrogen (secondary N) is 1. The number of urea groups is 1. The minimum absolute atomic E-state index is 0.0819. The maximum Gasteiger partial charge on any atom is 0.318 e. The molecule has 5 N–H and O–H groups in total. The Balaban J connectivity index is 2.40. The number of imide groups is 1. The van der Waals surface area contributed by atoms with E-state index < -0.39 is 11.9 Å². The monoisotopic (exact) mass is 291 g/mol. The minimum Gasteiger partial charge on any atom is -0.393 e. The highest BCUT2D eigenvalue weighted by Gasteiger charge is 2.14. The smallest absolute Gasteiger partial charge is 0.318 e. The number of carbonyl (C=O) groups is 2. The van der Waals surface area contributed by atoms with Gasteiger partial charge in [0.05, 0.1) is 22.4 Å². The van der Waals surface area contributed by atoms with Gasteiger partial charge in [0, 0.05) is 0 Å². The second kappa shape index (κ2) is 5.66. The number of thiocarbonyl (C=S) groups is 1. The first-order chi connectivity index (χ1) is 9.47. The molecule has 1 aromatic carbocycles. The molecule has 3 amide bonds. The van der Waals surface area contributed by atoms with Gasteiger partial charge in [0.15, 0.2) is 0 Å². The molecule has 0 bridgehead atoms.